The van der Waals surface area contributed by atoms with E-state index in [-0.39, 0.29) is 11.3 Å². The maximum Gasteiger partial charge on any atom is 0.214 e. The minimum atomic E-state index is -3.05. The van der Waals surface area contributed by atoms with E-state index in [1.807, 2.05) is 6.92 Å². The first-order chi connectivity index (χ1) is 7.58. The van der Waals surface area contributed by atoms with Gasteiger partial charge < -0.3 is 4.74 Å². The summed E-state index contributed by atoms with van der Waals surface area (Å²) in [6, 6.07) is -0.0105. The third-order valence-electron chi connectivity index (χ3n) is 2.96. The summed E-state index contributed by atoms with van der Waals surface area (Å²) in [6.45, 7) is 6.00. The molecule has 5 nitrogen and oxygen atoms in total. The van der Waals surface area contributed by atoms with Crippen molar-refractivity contribution in [3.63, 3.8) is 0 Å². The molecule has 1 aliphatic carbocycles. The first kappa shape index (κ1) is 12.3. The lowest BCUT2D eigenvalue weighted by molar-refractivity contribution is 0.0354. The summed E-state index contributed by atoms with van der Waals surface area (Å²) >= 11 is 0. The normalized spacial score (nSPS) is 25.6. The van der Waals surface area contributed by atoms with Gasteiger partial charge in [0.15, 0.2) is 0 Å². The van der Waals surface area contributed by atoms with Gasteiger partial charge in [-0.25, -0.2) is 13.1 Å². The summed E-state index contributed by atoms with van der Waals surface area (Å²) in [7, 11) is -3.05. The predicted octanol–water partition coefficient (Wildman–Crippen LogP) is -0.211. The number of nitrogens with one attached hydrogen (secondary N) is 1. The molecule has 0 spiro atoms. The first-order valence-corrected chi connectivity index (χ1v) is 7.44. The van der Waals surface area contributed by atoms with E-state index in [4.69, 9.17) is 4.74 Å². The molecule has 1 heterocycles. The van der Waals surface area contributed by atoms with Crippen LogP contribution in [0.3, 0.4) is 0 Å². The Balaban J connectivity index is 1.76. The van der Waals surface area contributed by atoms with E-state index in [2.05, 4.69) is 9.62 Å². The summed E-state index contributed by atoms with van der Waals surface area (Å²) in [5.74, 6) is 0. The van der Waals surface area contributed by atoms with Crippen LogP contribution in [0.25, 0.3) is 0 Å². The van der Waals surface area contributed by atoms with Gasteiger partial charge in [0.2, 0.25) is 10.0 Å². The van der Waals surface area contributed by atoms with Crippen LogP contribution in [0.5, 0.6) is 0 Å². The summed E-state index contributed by atoms with van der Waals surface area (Å²) in [5, 5.41) is -0.125. The van der Waals surface area contributed by atoms with Crippen molar-refractivity contribution in [2.75, 3.05) is 32.8 Å². The highest BCUT2D eigenvalue weighted by molar-refractivity contribution is 7.90. The summed E-state index contributed by atoms with van der Waals surface area (Å²) in [5.41, 5.74) is 0. The zero-order valence-electron chi connectivity index (χ0n) is 9.68. The van der Waals surface area contributed by atoms with E-state index >= 15 is 0 Å². The molecule has 0 aromatic rings. The second-order valence-corrected chi connectivity index (χ2v) is 6.67. The topological polar surface area (TPSA) is 58.6 Å². The molecule has 2 fully saturated rings. The summed E-state index contributed by atoms with van der Waals surface area (Å²) < 4.78 is 31.4. The van der Waals surface area contributed by atoms with Crippen molar-refractivity contribution in [3.8, 4) is 0 Å². The number of morpholine rings is 1. The monoisotopic (exact) mass is 248 g/mol. The molecule has 0 amide bonds. The molecular formula is C10H20N2O3S. The average molecular weight is 248 g/mol. The Bertz CT molecular complexity index is 321. The Morgan fingerprint density at radius 3 is 2.56 bits per heavy atom. The molecule has 0 radical (unpaired) electrons. The number of sulfonamides is 1. The van der Waals surface area contributed by atoms with Crippen LogP contribution in [0.1, 0.15) is 19.8 Å². The SMILES string of the molecule is CC(CN1CCOCC1)NS(=O)(=O)C1CC1. The Morgan fingerprint density at radius 1 is 1.38 bits per heavy atom. The van der Waals surface area contributed by atoms with Gasteiger partial charge >= 0.3 is 0 Å². The van der Waals surface area contributed by atoms with Crippen LogP contribution in [0.4, 0.5) is 0 Å². The van der Waals surface area contributed by atoms with Gasteiger partial charge in [0.1, 0.15) is 0 Å². The second kappa shape index (κ2) is 5.00. The molecule has 1 saturated carbocycles. The molecule has 1 atom stereocenters. The van der Waals surface area contributed by atoms with Crippen LogP contribution >= 0.6 is 0 Å². The van der Waals surface area contributed by atoms with Gasteiger partial charge in [0.05, 0.1) is 18.5 Å². The van der Waals surface area contributed by atoms with Crippen LogP contribution in [0, 0.1) is 0 Å². The molecule has 16 heavy (non-hydrogen) atoms. The minimum Gasteiger partial charge on any atom is -0.379 e. The largest absolute Gasteiger partial charge is 0.379 e. The molecule has 2 aliphatic rings. The van der Waals surface area contributed by atoms with Crippen LogP contribution in [-0.4, -0.2) is 57.5 Å². The minimum absolute atomic E-state index is 0.0105. The quantitative estimate of drug-likeness (QED) is 0.731. The van der Waals surface area contributed by atoms with Gasteiger partial charge in [-0.1, -0.05) is 0 Å². The van der Waals surface area contributed by atoms with Crippen molar-refractivity contribution in [1.29, 1.82) is 0 Å². The van der Waals surface area contributed by atoms with E-state index in [0.717, 1.165) is 45.7 Å². The maximum atomic E-state index is 11.7. The zero-order valence-corrected chi connectivity index (χ0v) is 10.5. The highest BCUT2D eigenvalue weighted by atomic mass is 32.2. The van der Waals surface area contributed by atoms with Crippen LogP contribution < -0.4 is 4.72 Å². The Labute approximate surface area is 97.2 Å². The molecule has 2 rings (SSSR count). The molecular weight excluding hydrogens is 228 g/mol. The van der Waals surface area contributed by atoms with Crippen molar-refractivity contribution >= 4 is 10.0 Å². The van der Waals surface area contributed by atoms with Gasteiger partial charge in [-0.3, -0.25) is 4.90 Å². The Hall–Kier alpha value is -0.170. The van der Waals surface area contributed by atoms with Crippen molar-refractivity contribution in [2.45, 2.75) is 31.1 Å². The molecule has 0 bridgehead atoms. The van der Waals surface area contributed by atoms with E-state index in [9.17, 15) is 8.42 Å². The van der Waals surface area contributed by atoms with Crippen LogP contribution in [0.15, 0.2) is 0 Å². The van der Waals surface area contributed by atoms with Crippen molar-refractivity contribution < 1.29 is 13.2 Å². The highest BCUT2D eigenvalue weighted by Crippen LogP contribution is 2.27. The van der Waals surface area contributed by atoms with E-state index in [0.29, 0.717) is 0 Å². The lowest BCUT2D eigenvalue weighted by Crippen LogP contribution is -2.46. The fourth-order valence-electron chi connectivity index (χ4n) is 1.96. The van der Waals surface area contributed by atoms with Crippen molar-refractivity contribution in [2.24, 2.45) is 0 Å². The van der Waals surface area contributed by atoms with Gasteiger partial charge in [0, 0.05) is 25.7 Å². The predicted molar refractivity (Wildman–Crippen MR) is 61.8 cm³/mol. The average Bonchev–Trinajstić information content (AvgIpc) is 3.01. The fourth-order valence-corrected chi connectivity index (χ4v) is 3.55. The maximum absolute atomic E-state index is 11.7. The first-order valence-electron chi connectivity index (χ1n) is 5.89. The van der Waals surface area contributed by atoms with Gasteiger partial charge in [-0.2, -0.15) is 0 Å². The number of hydrogen-bond acceptors (Lipinski definition) is 4. The summed E-state index contributed by atoms with van der Waals surface area (Å²) in [4.78, 5) is 2.24. The van der Waals surface area contributed by atoms with Gasteiger partial charge in [-0.05, 0) is 19.8 Å². The number of rotatable bonds is 5. The zero-order chi connectivity index (χ0) is 11.6. The molecule has 1 aliphatic heterocycles. The summed E-state index contributed by atoms with van der Waals surface area (Å²) in [6.07, 6.45) is 1.64. The number of ether oxygens (including phenoxy) is 1. The standard InChI is InChI=1S/C10H20N2O3S/c1-9(8-12-4-6-15-7-5-12)11-16(13,14)10-2-3-10/h9-11H,2-8H2,1H3. The Morgan fingerprint density at radius 2 is 2.00 bits per heavy atom. The second-order valence-electron chi connectivity index (χ2n) is 4.68. The molecule has 0 aromatic carbocycles. The molecule has 6 heteroatoms. The van der Waals surface area contributed by atoms with Crippen molar-refractivity contribution in [3.05, 3.63) is 0 Å². The Kier molecular flexibility index (Phi) is 3.84. The smallest absolute Gasteiger partial charge is 0.214 e. The van der Waals surface area contributed by atoms with Crippen molar-refractivity contribution in [1.82, 2.24) is 9.62 Å². The van der Waals surface area contributed by atoms with Crippen LogP contribution in [0.2, 0.25) is 0 Å². The lowest BCUT2D eigenvalue weighted by Gasteiger charge is -2.29. The third kappa shape index (κ3) is 3.41. The molecule has 1 unspecified atom stereocenters. The lowest BCUT2D eigenvalue weighted by atomic mass is 10.3. The van der Waals surface area contributed by atoms with E-state index in [1.54, 1.807) is 0 Å². The molecule has 94 valence electrons. The highest BCUT2D eigenvalue weighted by Gasteiger charge is 2.36. The fraction of sp³-hybridized carbons (Fsp3) is 1.00. The molecule has 1 saturated heterocycles. The van der Waals surface area contributed by atoms with Crippen LogP contribution in [-0.2, 0) is 14.8 Å². The number of hydrogen-bond donors (Lipinski definition) is 1. The molecule has 1 N–H and O–H groups in total. The van der Waals surface area contributed by atoms with E-state index < -0.39 is 10.0 Å². The molecule has 0 aromatic heterocycles. The van der Waals surface area contributed by atoms with Gasteiger partial charge in [-0.15, -0.1) is 0 Å². The number of nitrogens with zero attached hydrogens (tertiary/aromatic N) is 1. The van der Waals surface area contributed by atoms with E-state index in [1.165, 1.54) is 0 Å². The van der Waals surface area contributed by atoms with Gasteiger partial charge in [0.25, 0.3) is 0 Å². The third-order valence-corrected chi connectivity index (χ3v) is 5.04.